The van der Waals surface area contributed by atoms with Gasteiger partial charge in [-0.15, -0.1) is 0 Å². The average molecular weight is 420 g/mol. The summed E-state index contributed by atoms with van der Waals surface area (Å²) >= 11 is 3.32. The van der Waals surface area contributed by atoms with Crippen LogP contribution in [0.5, 0.6) is 0 Å². The second kappa shape index (κ2) is 7.25. The molecule has 0 radical (unpaired) electrons. The third-order valence-electron chi connectivity index (χ3n) is 3.42. The number of hydrogen-bond donors (Lipinski definition) is 1. The van der Waals surface area contributed by atoms with Crippen LogP contribution in [0.2, 0.25) is 0 Å². The molecule has 0 aliphatic rings. The molecule has 1 amide bonds. The number of hydrogen-bond acceptors (Lipinski definition) is 4. The van der Waals surface area contributed by atoms with Crippen LogP contribution in [0.1, 0.15) is 16.3 Å². The molecule has 0 aliphatic heterocycles. The van der Waals surface area contributed by atoms with E-state index in [9.17, 15) is 13.2 Å². The number of benzene rings is 2. The number of carbonyl (C=O) groups excluding carboxylic acids is 1. The molecule has 0 saturated heterocycles. The first-order valence-corrected chi connectivity index (χ1v) is 9.82. The van der Waals surface area contributed by atoms with Gasteiger partial charge in [-0.25, -0.2) is 8.42 Å². The van der Waals surface area contributed by atoms with Gasteiger partial charge in [-0.2, -0.15) is 0 Å². The lowest BCUT2D eigenvalue weighted by atomic mass is 10.3. The highest BCUT2D eigenvalue weighted by molar-refractivity contribution is 9.10. The molecule has 0 atom stereocenters. The van der Waals surface area contributed by atoms with Crippen molar-refractivity contribution < 1.29 is 17.6 Å². The van der Waals surface area contributed by atoms with Crippen LogP contribution in [0.25, 0.3) is 0 Å². The molecule has 2 aromatic carbocycles. The summed E-state index contributed by atoms with van der Waals surface area (Å²) in [6.07, 6.45) is 0. The molecule has 5 nitrogen and oxygen atoms in total. The summed E-state index contributed by atoms with van der Waals surface area (Å²) in [5, 5.41) is 2.69. The van der Waals surface area contributed by atoms with Gasteiger partial charge in [0.05, 0.1) is 4.90 Å². The summed E-state index contributed by atoms with van der Waals surface area (Å²) in [6, 6.07) is 18.2. The standard InChI is InChI=1S/C18H14BrNO4S/c19-13-6-8-14(9-7-13)20-18(21)17-11-10-15(24-17)12-25(22,23)16-4-2-1-3-5-16/h1-11H,12H2,(H,20,21). The first-order chi connectivity index (χ1) is 11.9. The molecule has 0 unspecified atom stereocenters. The quantitative estimate of drug-likeness (QED) is 0.669. The predicted octanol–water partition coefficient (Wildman–Crippen LogP) is 4.27. The summed E-state index contributed by atoms with van der Waals surface area (Å²) in [5.74, 6) is -0.473. The van der Waals surface area contributed by atoms with Crippen LogP contribution < -0.4 is 5.32 Å². The van der Waals surface area contributed by atoms with Crippen LogP contribution in [0.3, 0.4) is 0 Å². The maximum atomic E-state index is 12.3. The number of rotatable bonds is 5. The molecular weight excluding hydrogens is 406 g/mol. The Bertz CT molecular complexity index is 979. The van der Waals surface area contributed by atoms with Crippen LogP contribution in [-0.4, -0.2) is 14.3 Å². The fraction of sp³-hybridized carbons (Fsp3) is 0.0556. The van der Waals surface area contributed by atoms with Crippen molar-refractivity contribution in [3.05, 3.63) is 82.7 Å². The third-order valence-corrected chi connectivity index (χ3v) is 5.61. The van der Waals surface area contributed by atoms with E-state index < -0.39 is 15.7 Å². The number of sulfone groups is 1. The number of furan rings is 1. The highest BCUT2D eigenvalue weighted by atomic mass is 79.9. The van der Waals surface area contributed by atoms with Gasteiger partial charge in [0.2, 0.25) is 0 Å². The van der Waals surface area contributed by atoms with Crippen molar-refractivity contribution in [2.45, 2.75) is 10.6 Å². The number of anilines is 1. The topological polar surface area (TPSA) is 76.4 Å². The summed E-state index contributed by atoms with van der Waals surface area (Å²) in [7, 11) is -3.52. The Kier molecular flexibility index (Phi) is 5.06. The van der Waals surface area contributed by atoms with Gasteiger partial charge in [0.15, 0.2) is 15.6 Å². The van der Waals surface area contributed by atoms with E-state index in [1.807, 2.05) is 0 Å². The normalized spacial score (nSPS) is 11.2. The average Bonchev–Trinajstić information content (AvgIpc) is 3.06. The van der Waals surface area contributed by atoms with Crippen molar-refractivity contribution in [2.24, 2.45) is 0 Å². The van der Waals surface area contributed by atoms with Gasteiger partial charge in [0.25, 0.3) is 5.91 Å². The molecule has 25 heavy (non-hydrogen) atoms. The third kappa shape index (κ3) is 4.37. The molecule has 0 spiro atoms. The van der Waals surface area contributed by atoms with Crippen molar-refractivity contribution in [1.29, 1.82) is 0 Å². The van der Waals surface area contributed by atoms with Crippen molar-refractivity contribution >= 4 is 37.4 Å². The number of halogens is 1. The maximum Gasteiger partial charge on any atom is 0.291 e. The monoisotopic (exact) mass is 419 g/mol. The van der Waals surface area contributed by atoms with Gasteiger partial charge < -0.3 is 9.73 Å². The van der Waals surface area contributed by atoms with E-state index in [-0.39, 0.29) is 22.2 Å². The Balaban J connectivity index is 1.72. The van der Waals surface area contributed by atoms with Crippen molar-refractivity contribution in [2.75, 3.05) is 5.32 Å². The minimum atomic E-state index is -3.52. The zero-order valence-corrected chi connectivity index (χ0v) is 15.4. The molecule has 0 bridgehead atoms. The highest BCUT2D eigenvalue weighted by Crippen LogP contribution is 2.19. The lowest BCUT2D eigenvalue weighted by Crippen LogP contribution is -2.10. The van der Waals surface area contributed by atoms with E-state index >= 15 is 0 Å². The number of carbonyl (C=O) groups is 1. The second-order valence-corrected chi connectivity index (χ2v) is 8.20. The Labute approximate surface area is 153 Å². The maximum absolute atomic E-state index is 12.3. The molecular formula is C18H14BrNO4S. The molecule has 1 N–H and O–H groups in total. The molecule has 0 saturated carbocycles. The fourth-order valence-electron chi connectivity index (χ4n) is 2.20. The Hall–Kier alpha value is -2.38. The summed E-state index contributed by atoms with van der Waals surface area (Å²) in [5.41, 5.74) is 0.614. The molecule has 7 heteroatoms. The van der Waals surface area contributed by atoms with Gasteiger partial charge in [-0.05, 0) is 48.5 Å². The van der Waals surface area contributed by atoms with Crippen LogP contribution in [0.4, 0.5) is 5.69 Å². The summed E-state index contributed by atoms with van der Waals surface area (Å²) in [6.45, 7) is 0. The molecule has 3 rings (SSSR count). The van der Waals surface area contributed by atoms with Crippen LogP contribution in [-0.2, 0) is 15.6 Å². The van der Waals surface area contributed by atoms with E-state index in [0.29, 0.717) is 5.69 Å². The van der Waals surface area contributed by atoms with E-state index in [2.05, 4.69) is 21.2 Å². The second-order valence-electron chi connectivity index (χ2n) is 5.30. The first kappa shape index (κ1) is 17.4. The Morgan fingerprint density at radius 1 is 0.960 bits per heavy atom. The molecule has 128 valence electrons. The SMILES string of the molecule is O=C(Nc1ccc(Br)cc1)c1ccc(CS(=O)(=O)c2ccccc2)o1. The van der Waals surface area contributed by atoms with Crippen LogP contribution in [0.15, 0.2) is 80.5 Å². The Morgan fingerprint density at radius 3 is 2.32 bits per heavy atom. The van der Waals surface area contributed by atoms with Gasteiger partial charge in [-0.3, -0.25) is 4.79 Å². The lowest BCUT2D eigenvalue weighted by molar-refractivity contribution is 0.0995. The molecule has 1 heterocycles. The van der Waals surface area contributed by atoms with Gasteiger partial charge in [0, 0.05) is 10.2 Å². The first-order valence-electron chi connectivity index (χ1n) is 7.37. The lowest BCUT2D eigenvalue weighted by Gasteiger charge is -2.04. The number of nitrogens with one attached hydrogen (secondary N) is 1. The van der Waals surface area contributed by atoms with E-state index in [1.165, 1.54) is 24.3 Å². The fourth-order valence-corrected chi connectivity index (χ4v) is 3.73. The largest absolute Gasteiger partial charge is 0.455 e. The molecule has 0 aliphatic carbocycles. The zero-order valence-electron chi connectivity index (χ0n) is 13.0. The van der Waals surface area contributed by atoms with Crippen molar-refractivity contribution in [3.63, 3.8) is 0 Å². The smallest absolute Gasteiger partial charge is 0.291 e. The summed E-state index contributed by atoms with van der Waals surface area (Å²) in [4.78, 5) is 12.4. The van der Waals surface area contributed by atoms with Crippen molar-refractivity contribution in [3.8, 4) is 0 Å². The zero-order chi connectivity index (χ0) is 17.9. The predicted molar refractivity (Wildman–Crippen MR) is 98.1 cm³/mol. The van der Waals surface area contributed by atoms with Crippen LogP contribution in [0, 0.1) is 0 Å². The molecule has 1 aromatic heterocycles. The Morgan fingerprint density at radius 2 is 1.64 bits per heavy atom. The summed E-state index contributed by atoms with van der Waals surface area (Å²) < 4.78 is 31.0. The number of amides is 1. The van der Waals surface area contributed by atoms with Crippen LogP contribution >= 0.6 is 15.9 Å². The molecule has 3 aromatic rings. The van der Waals surface area contributed by atoms with E-state index in [0.717, 1.165) is 4.47 Å². The van der Waals surface area contributed by atoms with E-state index in [4.69, 9.17) is 4.42 Å². The van der Waals surface area contributed by atoms with Gasteiger partial charge >= 0.3 is 0 Å². The van der Waals surface area contributed by atoms with Gasteiger partial charge in [0.1, 0.15) is 11.5 Å². The van der Waals surface area contributed by atoms with Crippen molar-refractivity contribution in [1.82, 2.24) is 0 Å². The molecule has 0 fully saturated rings. The minimum absolute atomic E-state index is 0.0566. The highest BCUT2D eigenvalue weighted by Gasteiger charge is 2.19. The van der Waals surface area contributed by atoms with E-state index in [1.54, 1.807) is 42.5 Å². The van der Waals surface area contributed by atoms with Gasteiger partial charge in [-0.1, -0.05) is 34.1 Å². The minimum Gasteiger partial charge on any atom is -0.455 e.